The fourth-order valence-corrected chi connectivity index (χ4v) is 2.38. The molecule has 1 unspecified atom stereocenters. The number of halogens is 2. The lowest BCUT2D eigenvalue weighted by Gasteiger charge is -2.24. The zero-order chi connectivity index (χ0) is 13.8. The van der Waals surface area contributed by atoms with Crippen molar-refractivity contribution in [3.8, 4) is 0 Å². The summed E-state index contributed by atoms with van der Waals surface area (Å²) in [6, 6.07) is 4.96. The van der Waals surface area contributed by atoms with Crippen LogP contribution in [0.4, 0.5) is 4.39 Å². The van der Waals surface area contributed by atoms with Crippen LogP contribution < -0.4 is 10.6 Å². The minimum atomic E-state index is -0.222. The van der Waals surface area contributed by atoms with Gasteiger partial charge < -0.3 is 10.6 Å². The van der Waals surface area contributed by atoms with Crippen molar-refractivity contribution < 1.29 is 9.18 Å². The Kier molecular flexibility index (Phi) is 6.43. The lowest BCUT2D eigenvalue weighted by Crippen LogP contribution is -2.39. The van der Waals surface area contributed by atoms with Gasteiger partial charge in [0, 0.05) is 5.92 Å². The Morgan fingerprint density at radius 1 is 1.40 bits per heavy atom. The average molecular weight is 301 g/mol. The van der Waals surface area contributed by atoms with Crippen LogP contribution in [-0.4, -0.2) is 19.0 Å². The number of piperidine rings is 1. The normalized spacial score (nSPS) is 17.1. The van der Waals surface area contributed by atoms with Crippen LogP contribution in [0.3, 0.4) is 0 Å². The summed E-state index contributed by atoms with van der Waals surface area (Å²) in [4.78, 5) is 12.1. The predicted octanol–water partition coefficient (Wildman–Crippen LogP) is 2.73. The fraction of sp³-hybridized carbons (Fsp3) is 0.533. The quantitative estimate of drug-likeness (QED) is 0.901. The van der Waals surface area contributed by atoms with E-state index in [1.54, 1.807) is 13.0 Å². The summed E-state index contributed by atoms with van der Waals surface area (Å²) in [7, 11) is 0. The van der Waals surface area contributed by atoms with Crippen molar-refractivity contribution in [1.82, 2.24) is 10.6 Å². The molecule has 1 fully saturated rings. The van der Waals surface area contributed by atoms with Gasteiger partial charge in [-0.05, 0) is 57.0 Å². The number of benzene rings is 1. The van der Waals surface area contributed by atoms with Crippen LogP contribution in [0, 0.1) is 18.7 Å². The first-order valence-corrected chi connectivity index (χ1v) is 6.85. The molecule has 0 aromatic heterocycles. The number of amides is 1. The summed E-state index contributed by atoms with van der Waals surface area (Å²) < 4.78 is 13.5. The Morgan fingerprint density at radius 2 is 2.05 bits per heavy atom. The van der Waals surface area contributed by atoms with E-state index in [0.717, 1.165) is 31.5 Å². The summed E-state index contributed by atoms with van der Waals surface area (Å²) in [5, 5.41) is 6.22. The Balaban J connectivity index is 0.00000200. The van der Waals surface area contributed by atoms with E-state index in [0.29, 0.717) is 5.56 Å². The van der Waals surface area contributed by atoms with E-state index >= 15 is 0 Å². The van der Waals surface area contributed by atoms with Crippen LogP contribution in [0.5, 0.6) is 0 Å². The van der Waals surface area contributed by atoms with Gasteiger partial charge in [-0.1, -0.05) is 12.1 Å². The van der Waals surface area contributed by atoms with E-state index in [1.165, 1.54) is 6.07 Å². The molecule has 2 N–H and O–H groups in total. The largest absolute Gasteiger partial charge is 0.349 e. The van der Waals surface area contributed by atoms with Crippen molar-refractivity contribution in [1.29, 1.82) is 0 Å². The number of hydrogen-bond acceptors (Lipinski definition) is 2. The van der Waals surface area contributed by atoms with E-state index in [2.05, 4.69) is 10.6 Å². The molecule has 1 heterocycles. The molecule has 112 valence electrons. The topological polar surface area (TPSA) is 41.1 Å². The maximum atomic E-state index is 13.5. The summed E-state index contributed by atoms with van der Waals surface area (Å²) in [6.07, 6.45) is 1.75. The molecular formula is C15H22ClFN2O. The summed E-state index contributed by atoms with van der Waals surface area (Å²) in [5.74, 6) is -0.0607. The van der Waals surface area contributed by atoms with E-state index in [1.807, 2.05) is 13.0 Å². The Labute approximate surface area is 125 Å². The molecule has 1 aliphatic rings. The first kappa shape index (κ1) is 16.9. The molecule has 0 spiro atoms. The summed E-state index contributed by atoms with van der Waals surface area (Å²) in [6.45, 7) is 5.41. The second-order valence-corrected chi connectivity index (χ2v) is 5.26. The minimum absolute atomic E-state index is 0. The molecule has 3 nitrogen and oxygen atoms in total. The Bertz CT molecular complexity index is 461. The molecule has 1 aromatic carbocycles. The molecule has 1 amide bonds. The molecule has 2 rings (SSSR count). The molecule has 0 saturated carbocycles. The van der Waals surface area contributed by atoms with Crippen molar-refractivity contribution in [3.63, 3.8) is 0 Å². The predicted molar refractivity (Wildman–Crippen MR) is 80.5 cm³/mol. The second kappa shape index (κ2) is 7.60. The van der Waals surface area contributed by atoms with Gasteiger partial charge in [0.05, 0.1) is 6.04 Å². The van der Waals surface area contributed by atoms with Crippen molar-refractivity contribution in [2.75, 3.05) is 13.1 Å². The van der Waals surface area contributed by atoms with Gasteiger partial charge in [-0.3, -0.25) is 4.79 Å². The Hall–Kier alpha value is -1.13. The molecule has 0 aliphatic carbocycles. The standard InChI is InChI=1S/C15H21FN2O.ClH/c1-10-3-4-13(9-14(10)16)11(2)18-15(19)12-5-7-17-8-6-12;/h3-4,9,11-12,17H,5-8H2,1-2H3,(H,18,19);1H. The summed E-state index contributed by atoms with van der Waals surface area (Å²) in [5.41, 5.74) is 1.44. The number of rotatable bonds is 3. The highest BCUT2D eigenvalue weighted by atomic mass is 35.5. The summed E-state index contributed by atoms with van der Waals surface area (Å²) >= 11 is 0. The third-order valence-electron chi connectivity index (χ3n) is 3.76. The molecule has 1 saturated heterocycles. The molecule has 5 heteroatoms. The van der Waals surface area contributed by atoms with Crippen LogP contribution in [0.2, 0.25) is 0 Å². The minimum Gasteiger partial charge on any atom is -0.349 e. The first-order valence-electron chi connectivity index (χ1n) is 6.85. The molecule has 0 radical (unpaired) electrons. The number of hydrogen-bond donors (Lipinski definition) is 2. The molecule has 1 atom stereocenters. The van der Waals surface area contributed by atoms with Gasteiger partial charge in [-0.15, -0.1) is 12.4 Å². The highest BCUT2D eigenvalue weighted by Crippen LogP contribution is 2.18. The van der Waals surface area contributed by atoms with Gasteiger partial charge in [0.25, 0.3) is 0 Å². The van der Waals surface area contributed by atoms with Crippen molar-refractivity contribution in [2.24, 2.45) is 5.92 Å². The number of aryl methyl sites for hydroxylation is 1. The maximum Gasteiger partial charge on any atom is 0.223 e. The van der Waals surface area contributed by atoms with E-state index < -0.39 is 0 Å². The van der Waals surface area contributed by atoms with Crippen LogP contribution in [0.15, 0.2) is 18.2 Å². The van der Waals surface area contributed by atoms with Gasteiger partial charge >= 0.3 is 0 Å². The average Bonchev–Trinajstić information content (AvgIpc) is 2.42. The molecule has 1 aliphatic heterocycles. The van der Waals surface area contributed by atoms with Gasteiger partial charge in [0.2, 0.25) is 5.91 Å². The number of carbonyl (C=O) groups is 1. The maximum absolute atomic E-state index is 13.5. The molecule has 20 heavy (non-hydrogen) atoms. The molecule has 0 bridgehead atoms. The van der Waals surface area contributed by atoms with Crippen LogP contribution in [-0.2, 0) is 4.79 Å². The highest BCUT2D eigenvalue weighted by Gasteiger charge is 2.22. The highest BCUT2D eigenvalue weighted by molar-refractivity contribution is 5.85. The van der Waals surface area contributed by atoms with E-state index in [9.17, 15) is 9.18 Å². The van der Waals surface area contributed by atoms with Crippen molar-refractivity contribution in [3.05, 3.63) is 35.1 Å². The number of carbonyl (C=O) groups excluding carboxylic acids is 1. The lowest BCUT2D eigenvalue weighted by atomic mass is 9.96. The van der Waals surface area contributed by atoms with Gasteiger partial charge in [-0.25, -0.2) is 4.39 Å². The van der Waals surface area contributed by atoms with Crippen molar-refractivity contribution in [2.45, 2.75) is 32.7 Å². The molecular weight excluding hydrogens is 279 g/mol. The third-order valence-corrected chi connectivity index (χ3v) is 3.76. The number of nitrogens with one attached hydrogen (secondary N) is 2. The molecule has 1 aromatic rings. The lowest BCUT2D eigenvalue weighted by molar-refractivity contribution is -0.126. The van der Waals surface area contributed by atoms with Gasteiger partial charge in [0.1, 0.15) is 5.82 Å². The van der Waals surface area contributed by atoms with E-state index in [4.69, 9.17) is 0 Å². The smallest absolute Gasteiger partial charge is 0.223 e. The zero-order valence-corrected chi connectivity index (χ0v) is 12.7. The second-order valence-electron chi connectivity index (χ2n) is 5.26. The van der Waals surface area contributed by atoms with Crippen molar-refractivity contribution >= 4 is 18.3 Å². The van der Waals surface area contributed by atoms with Gasteiger partial charge in [-0.2, -0.15) is 0 Å². The Morgan fingerprint density at radius 3 is 2.65 bits per heavy atom. The van der Waals surface area contributed by atoms with Gasteiger partial charge in [0.15, 0.2) is 0 Å². The van der Waals surface area contributed by atoms with Crippen LogP contribution in [0.25, 0.3) is 0 Å². The monoisotopic (exact) mass is 300 g/mol. The SMILES string of the molecule is Cc1ccc(C(C)NC(=O)C2CCNCC2)cc1F.Cl. The third kappa shape index (κ3) is 4.18. The zero-order valence-electron chi connectivity index (χ0n) is 11.9. The van der Waals surface area contributed by atoms with Crippen LogP contribution >= 0.6 is 12.4 Å². The first-order chi connectivity index (χ1) is 9.08. The van der Waals surface area contributed by atoms with E-state index in [-0.39, 0.29) is 36.1 Å². The fourth-order valence-electron chi connectivity index (χ4n) is 2.38. The van der Waals surface area contributed by atoms with Crippen LogP contribution in [0.1, 0.15) is 36.9 Å².